The number of carbonyl (C=O) groups is 1. The van der Waals surface area contributed by atoms with E-state index in [0.717, 1.165) is 26.1 Å². The quantitative estimate of drug-likeness (QED) is 0.817. The summed E-state index contributed by atoms with van der Waals surface area (Å²) in [5, 5.41) is -0.402. The highest BCUT2D eigenvalue weighted by Crippen LogP contribution is 2.28. The van der Waals surface area contributed by atoms with Crippen LogP contribution < -0.4 is 0 Å². The molecule has 2 heterocycles. The molecule has 1 amide bonds. The summed E-state index contributed by atoms with van der Waals surface area (Å²) < 4.78 is 24.9. The SMILES string of the molecule is CC(=O)N1CCS(=O)(=O)[C@@H]2CCN(Cc3ccccc3)CC[C@@H]21. The van der Waals surface area contributed by atoms with Gasteiger partial charge in [0.2, 0.25) is 5.91 Å². The maximum atomic E-state index is 12.4. The zero-order valence-corrected chi connectivity index (χ0v) is 14.3. The van der Waals surface area contributed by atoms with Gasteiger partial charge >= 0.3 is 0 Å². The van der Waals surface area contributed by atoms with Crippen LogP contribution in [0.15, 0.2) is 30.3 Å². The molecule has 2 aliphatic heterocycles. The van der Waals surface area contributed by atoms with Gasteiger partial charge in [0.15, 0.2) is 9.84 Å². The van der Waals surface area contributed by atoms with Gasteiger partial charge in [0.05, 0.1) is 11.0 Å². The molecular weight excluding hydrogens is 312 g/mol. The number of likely N-dealkylation sites (tertiary alicyclic amines) is 1. The van der Waals surface area contributed by atoms with Crippen LogP contribution in [0.5, 0.6) is 0 Å². The lowest BCUT2D eigenvalue weighted by Gasteiger charge is -2.39. The van der Waals surface area contributed by atoms with E-state index in [0.29, 0.717) is 13.0 Å². The standard InChI is InChI=1S/C17H24N2O3S/c1-14(20)19-11-12-23(21,22)17-8-10-18(9-7-16(17)19)13-15-5-3-2-4-6-15/h2-6,16-17H,7-13H2,1H3/t16-,17+/m0/s1. The van der Waals surface area contributed by atoms with Crippen LogP contribution in [0, 0.1) is 0 Å². The fraction of sp³-hybridized carbons (Fsp3) is 0.588. The van der Waals surface area contributed by atoms with Gasteiger partial charge in [-0.2, -0.15) is 0 Å². The van der Waals surface area contributed by atoms with Gasteiger partial charge in [-0.15, -0.1) is 0 Å². The number of nitrogens with zero attached hydrogens (tertiary/aromatic N) is 2. The van der Waals surface area contributed by atoms with Gasteiger partial charge in [-0.25, -0.2) is 8.42 Å². The van der Waals surface area contributed by atoms with E-state index >= 15 is 0 Å². The molecule has 126 valence electrons. The van der Waals surface area contributed by atoms with E-state index < -0.39 is 15.1 Å². The monoisotopic (exact) mass is 336 g/mol. The molecule has 23 heavy (non-hydrogen) atoms. The van der Waals surface area contributed by atoms with Crippen molar-refractivity contribution in [2.75, 3.05) is 25.4 Å². The second-order valence-electron chi connectivity index (χ2n) is 6.52. The first kappa shape index (κ1) is 16.5. The lowest BCUT2D eigenvalue weighted by molar-refractivity contribution is -0.131. The Hall–Kier alpha value is -1.40. The average Bonchev–Trinajstić information content (AvgIpc) is 2.72. The second-order valence-corrected chi connectivity index (χ2v) is 8.86. The van der Waals surface area contributed by atoms with Crippen LogP contribution in [0.3, 0.4) is 0 Å². The molecule has 2 aliphatic rings. The number of sulfone groups is 1. The number of benzene rings is 1. The highest BCUT2D eigenvalue weighted by molar-refractivity contribution is 7.92. The third kappa shape index (κ3) is 3.58. The van der Waals surface area contributed by atoms with Crippen molar-refractivity contribution in [3.05, 3.63) is 35.9 Å². The Labute approximate surface area is 138 Å². The highest BCUT2D eigenvalue weighted by atomic mass is 32.2. The summed E-state index contributed by atoms with van der Waals surface area (Å²) in [4.78, 5) is 15.9. The van der Waals surface area contributed by atoms with Crippen LogP contribution in [0.4, 0.5) is 0 Å². The number of rotatable bonds is 2. The van der Waals surface area contributed by atoms with Crippen LogP contribution in [0.25, 0.3) is 0 Å². The van der Waals surface area contributed by atoms with E-state index in [-0.39, 0.29) is 17.7 Å². The largest absolute Gasteiger partial charge is 0.338 e. The van der Waals surface area contributed by atoms with Crippen molar-refractivity contribution in [3.63, 3.8) is 0 Å². The van der Waals surface area contributed by atoms with Crippen molar-refractivity contribution >= 4 is 15.7 Å². The highest BCUT2D eigenvalue weighted by Gasteiger charge is 2.43. The van der Waals surface area contributed by atoms with Crippen LogP contribution in [-0.2, 0) is 21.2 Å². The summed E-state index contributed by atoms with van der Waals surface area (Å²) in [6.45, 7) is 4.32. The van der Waals surface area contributed by atoms with Crippen molar-refractivity contribution in [3.8, 4) is 0 Å². The molecular formula is C17H24N2O3S. The van der Waals surface area contributed by atoms with E-state index in [9.17, 15) is 13.2 Å². The molecule has 0 bridgehead atoms. The van der Waals surface area contributed by atoms with Crippen LogP contribution in [0.1, 0.15) is 25.3 Å². The Balaban J connectivity index is 1.75. The Morgan fingerprint density at radius 2 is 1.83 bits per heavy atom. The zero-order chi connectivity index (χ0) is 16.4. The molecule has 0 aliphatic carbocycles. The van der Waals surface area contributed by atoms with Gasteiger partial charge in [-0.1, -0.05) is 30.3 Å². The number of carbonyl (C=O) groups excluding carboxylic acids is 1. The first-order valence-electron chi connectivity index (χ1n) is 8.22. The molecule has 2 saturated heterocycles. The predicted octanol–water partition coefficient (Wildman–Crippen LogP) is 1.30. The molecule has 1 aromatic carbocycles. The molecule has 2 atom stereocenters. The summed E-state index contributed by atoms with van der Waals surface area (Å²) >= 11 is 0. The van der Waals surface area contributed by atoms with Crippen molar-refractivity contribution in [2.45, 2.75) is 37.6 Å². The molecule has 6 heteroatoms. The second kappa shape index (κ2) is 6.61. The Morgan fingerprint density at radius 3 is 2.52 bits per heavy atom. The van der Waals surface area contributed by atoms with E-state index in [1.54, 1.807) is 11.8 Å². The zero-order valence-electron chi connectivity index (χ0n) is 13.5. The maximum absolute atomic E-state index is 12.4. The van der Waals surface area contributed by atoms with Crippen LogP contribution in [0.2, 0.25) is 0 Å². The minimum atomic E-state index is -3.09. The van der Waals surface area contributed by atoms with Gasteiger partial charge in [0, 0.05) is 32.6 Å². The summed E-state index contributed by atoms with van der Waals surface area (Å²) in [6, 6.07) is 10.1. The van der Waals surface area contributed by atoms with Crippen molar-refractivity contribution in [1.82, 2.24) is 9.80 Å². The van der Waals surface area contributed by atoms with Gasteiger partial charge in [0.25, 0.3) is 0 Å². The predicted molar refractivity (Wildman–Crippen MR) is 89.7 cm³/mol. The third-order valence-corrected chi connectivity index (χ3v) is 7.26. The molecule has 0 unspecified atom stereocenters. The van der Waals surface area contributed by atoms with E-state index in [1.807, 2.05) is 18.2 Å². The van der Waals surface area contributed by atoms with Crippen molar-refractivity contribution in [1.29, 1.82) is 0 Å². The van der Waals surface area contributed by atoms with Gasteiger partial charge in [-0.05, 0) is 24.9 Å². The van der Waals surface area contributed by atoms with Gasteiger partial charge in [0.1, 0.15) is 0 Å². The van der Waals surface area contributed by atoms with Gasteiger partial charge < -0.3 is 4.90 Å². The minimum Gasteiger partial charge on any atom is -0.338 e. The first-order chi connectivity index (χ1) is 11.0. The van der Waals surface area contributed by atoms with Crippen molar-refractivity contribution < 1.29 is 13.2 Å². The Bertz CT molecular complexity index is 660. The first-order valence-corrected chi connectivity index (χ1v) is 9.94. The average molecular weight is 336 g/mol. The van der Waals surface area contributed by atoms with Crippen molar-refractivity contribution in [2.24, 2.45) is 0 Å². The van der Waals surface area contributed by atoms with E-state index in [4.69, 9.17) is 0 Å². The smallest absolute Gasteiger partial charge is 0.219 e. The summed E-state index contributed by atoms with van der Waals surface area (Å²) in [6.07, 6.45) is 1.35. The van der Waals surface area contributed by atoms with E-state index in [1.165, 1.54) is 5.56 Å². The lowest BCUT2D eigenvalue weighted by atomic mass is 10.1. The molecule has 0 radical (unpaired) electrons. The number of fused-ring (bicyclic) bond motifs is 1. The molecule has 2 fully saturated rings. The molecule has 3 rings (SSSR count). The van der Waals surface area contributed by atoms with Crippen LogP contribution in [-0.4, -0.2) is 60.8 Å². The minimum absolute atomic E-state index is 0.00795. The van der Waals surface area contributed by atoms with Gasteiger partial charge in [-0.3, -0.25) is 9.69 Å². The maximum Gasteiger partial charge on any atom is 0.219 e. The summed E-state index contributed by atoms with van der Waals surface area (Å²) in [5.74, 6) is 0.0956. The fourth-order valence-corrected chi connectivity index (χ4v) is 5.80. The molecule has 0 saturated carbocycles. The van der Waals surface area contributed by atoms with Crippen LogP contribution >= 0.6 is 0 Å². The van der Waals surface area contributed by atoms with E-state index in [2.05, 4.69) is 17.0 Å². The third-order valence-electron chi connectivity index (χ3n) is 5.03. The fourth-order valence-electron chi connectivity index (χ4n) is 3.82. The Morgan fingerprint density at radius 1 is 1.13 bits per heavy atom. The molecule has 5 nitrogen and oxygen atoms in total. The Kier molecular flexibility index (Phi) is 4.73. The normalized spacial score (nSPS) is 28.0. The molecule has 0 aromatic heterocycles. The number of hydrogen-bond donors (Lipinski definition) is 0. The lowest BCUT2D eigenvalue weighted by Crippen LogP contribution is -2.56. The number of amides is 1. The molecule has 0 spiro atoms. The molecule has 0 N–H and O–H groups in total. The summed E-state index contributed by atoms with van der Waals surface area (Å²) in [7, 11) is -3.09. The molecule has 1 aromatic rings. The summed E-state index contributed by atoms with van der Waals surface area (Å²) in [5.41, 5.74) is 1.24. The number of hydrogen-bond acceptors (Lipinski definition) is 4. The topological polar surface area (TPSA) is 57.7 Å².